The van der Waals surface area contributed by atoms with E-state index in [1.165, 1.54) is 16.7 Å². The summed E-state index contributed by atoms with van der Waals surface area (Å²) in [5.74, 6) is 4.27. The summed E-state index contributed by atoms with van der Waals surface area (Å²) in [4.78, 5) is 25.6. The van der Waals surface area contributed by atoms with Gasteiger partial charge in [0.25, 0.3) is 0 Å². The topological polar surface area (TPSA) is 126 Å². The molecule has 0 amide bonds. The van der Waals surface area contributed by atoms with Gasteiger partial charge in [0.1, 0.15) is 6.04 Å². The lowest BCUT2D eigenvalue weighted by molar-refractivity contribution is -0.941. The second kappa shape index (κ2) is 24.3. The van der Waals surface area contributed by atoms with Crippen molar-refractivity contribution < 1.29 is 61.4 Å². The molecule has 13 heteroatoms. The number of quaternary nitrogens is 1. The van der Waals surface area contributed by atoms with Gasteiger partial charge in [0.2, 0.25) is 0 Å². The quantitative estimate of drug-likeness (QED) is 0.0273. The number of nitrogens with zero attached hydrogens (tertiary/aromatic N) is 1. The first kappa shape index (κ1) is 49.9. The van der Waals surface area contributed by atoms with Crippen LogP contribution in [0.1, 0.15) is 77.9 Å². The Kier molecular flexibility index (Phi) is 18.6. The minimum atomic E-state index is -0.605. The van der Waals surface area contributed by atoms with Crippen LogP contribution in [-0.2, 0) is 44.7 Å². The number of hydrogen-bond donors (Lipinski definition) is 0. The van der Waals surface area contributed by atoms with E-state index in [9.17, 15) is 9.59 Å². The normalized spacial score (nSPS) is 15.9. The zero-order valence-corrected chi connectivity index (χ0v) is 39.9. The molecule has 0 spiro atoms. The Morgan fingerprint density at radius 3 is 1.72 bits per heavy atom. The maximum Gasteiger partial charge on any atom is 0.331 e. The van der Waals surface area contributed by atoms with E-state index >= 15 is 0 Å². The first-order valence-electron chi connectivity index (χ1n) is 22.3. The van der Waals surface area contributed by atoms with E-state index in [4.69, 9.17) is 47.4 Å². The number of ether oxygens (including phenoxy) is 10. The summed E-state index contributed by atoms with van der Waals surface area (Å²) >= 11 is 0. The van der Waals surface area contributed by atoms with E-state index in [1.807, 2.05) is 30.3 Å². The lowest BCUT2D eigenvalue weighted by Gasteiger charge is -2.46. The van der Waals surface area contributed by atoms with Crippen molar-refractivity contribution >= 4 is 11.9 Å². The SMILES string of the molecule is CCCc1cc(OC)c(OC)cc1C(CCCOC(=O)/C=C/C(=O)OCCC[N@+]1(C)CCc2cc(OC)c(OC)cc2[C@@H]1Cc1ccc(OC)c(OC)c1)Cc1ccc(OC)c(OC)c1. The van der Waals surface area contributed by atoms with E-state index in [1.54, 1.807) is 56.9 Å². The van der Waals surface area contributed by atoms with Gasteiger partial charge < -0.3 is 51.9 Å². The van der Waals surface area contributed by atoms with Gasteiger partial charge in [-0.25, -0.2) is 9.59 Å². The molecule has 0 bridgehead atoms. The predicted octanol–water partition coefficient (Wildman–Crippen LogP) is 8.83. The van der Waals surface area contributed by atoms with Crippen molar-refractivity contribution in [3.8, 4) is 46.0 Å². The summed E-state index contributed by atoms with van der Waals surface area (Å²) in [6.45, 7) is 4.16. The Labute approximate surface area is 385 Å². The zero-order valence-electron chi connectivity index (χ0n) is 39.9. The predicted molar refractivity (Wildman–Crippen MR) is 250 cm³/mol. The molecule has 352 valence electrons. The van der Waals surface area contributed by atoms with Crippen LogP contribution in [0.15, 0.2) is 72.8 Å². The van der Waals surface area contributed by atoms with Crippen molar-refractivity contribution in [1.29, 1.82) is 0 Å². The standard InChI is InChI=1S/C52H68NO12/c1-11-14-37-31-47(60-7)49(62-9)33-40(37)38(27-35-16-18-43(56-3)45(29-35)58-5)15-12-25-64-51(54)20-21-52(55)65-26-13-23-53(2)24-22-39-32-48(61-8)50(63-10)34-41(39)42(53)28-36-17-19-44(57-4)46(30-36)59-6/h16-21,29-34,38,42H,11-15,22-28H2,1-10H3/q+1/b21-20+/t38?,42-,53+/m0/s1. The maximum atomic E-state index is 12.8. The summed E-state index contributed by atoms with van der Waals surface area (Å²) in [6.07, 6.45) is 8.33. The molecule has 0 saturated carbocycles. The van der Waals surface area contributed by atoms with Gasteiger partial charge in [-0.2, -0.15) is 0 Å². The molecule has 0 aliphatic carbocycles. The molecule has 5 rings (SSSR count). The molecule has 0 radical (unpaired) electrons. The highest BCUT2D eigenvalue weighted by molar-refractivity contribution is 5.91. The molecular weight excluding hydrogens is 831 g/mol. The van der Waals surface area contributed by atoms with Crippen LogP contribution in [0.25, 0.3) is 0 Å². The van der Waals surface area contributed by atoms with Crippen molar-refractivity contribution in [3.63, 3.8) is 0 Å². The minimum absolute atomic E-state index is 0.0653. The molecule has 13 nitrogen and oxygen atoms in total. The molecule has 0 N–H and O–H groups in total. The smallest absolute Gasteiger partial charge is 0.331 e. The van der Waals surface area contributed by atoms with Gasteiger partial charge in [-0.3, -0.25) is 0 Å². The molecule has 1 unspecified atom stereocenters. The monoisotopic (exact) mass is 898 g/mol. The lowest BCUT2D eigenvalue weighted by atomic mass is 9.84. The lowest BCUT2D eigenvalue weighted by Crippen LogP contribution is -2.52. The van der Waals surface area contributed by atoms with Crippen molar-refractivity contribution in [2.45, 2.75) is 70.3 Å². The van der Waals surface area contributed by atoms with Gasteiger partial charge in [-0.15, -0.1) is 0 Å². The number of aryl methyl sites for hydroxylation is 1. The summed E-state index contributed by atoms with van der Waals surface area (Å²) in [7, 11) is 15.3. The van der Waals surface area contributed by atoms with E-state index in [2.05, 4.69) is 44.3 Å². The molecule has 0 fully saturated rings. The second-order valence-electron chi connectivity index (χ2n) is 16.4. The Balaban J connectivity index is 1.19. The molecule has 4 aromatic carbocycles. The fourth-order valence-electron chi connectivity index (χ4n) is 8.96. The number of methoxy groups -OCH3 is 8. The highest BCUT2D eigenvalue weighted by Gasteiger charge is 2.40. The number of benzene rings is 4. The van der Waals surface area contributed by atoms with Crippen LogP contribution >= 0.6 is 0 Å². The van der Waals surface area contributed by atoms with E-state index < -0.39 is 11.9 Å². The summed E-state index contributed by atoms with van der Waals surface area (Å²) < 4.78 is 56.8. The van der Waals surface area contributed by atoms with Crippen molar-refractivity contribution in [1.82, 2.24) is 0 Å². The first-order chi connectivity index (χ1) is 31.5. The van der Waals surface area contributed by atoms with Crippen LogP contribution in [0.2, 0.25) is 0 Å². The van der Waals surface area contributed by atoms with Gasteiger partial charge in [-0.05, 0) is 108 Å². The molecule has 65 heavy (non-hydrogen) atoms. The Bertz CT molecular complexity index is 2240. The summed E-state index contributed by atoms with van der Waals surface area (Å²) in [5, 5.41) is 0. The third-order valence-electron chi connectivity index (χ3n) is 12.4. The molecule has 1 heterocycles. The number of esters is 2. The van der Waals surface area contributed by atoms with Gasteiger partial charge in [0, 0.05) is 37.0 Å². The molecule has 3 atom stereocenters. The van der Waals surface area contributed by atoms with Crippen molar-refractivity contribution in [2.75, 3.05) is 90.2 Å². The highest BCUT2D eigenvalue weighted by atomic mass is 16.5. The highest BCUT2D eigenvalue weighted by Crippen LogP contribution is 2.44. The molecule has 4 aromatic rings. The largest absolute Gasteiger partial charge is 0.493 e. The van der Waals surface area contributed by atoms with Gasteiger partial charge in [0.15, 0.2) is 46.0 Å². The number of carbonyl (C=O) groups excluding carboxylic acids is 2. The second-order valence-corrected chi connectivity index (χ2v) is 16.4. The number of carbonyl (C=O) groups is 2. The van der Waals surface area contributed by atoms with Gasteiger partial charge in [-0.1, -0.05) is 25.5 Å². The fourth-order valence-corrected chi connectivity index (χ4v) is 8.96. The molecule has 0 aromatic heterocycles. The van der Waals surface area contributed by atoms with Crippen LogP contribution in [0, 0.1) is 0 Å². The van der Waals surface area contributed by atoms with Crippen LogP contribution in [-0.4, -0.2) is 107 Å². The van der Waals surface area contributed by atoms with Gasteiger partial charge in [0.05, 0.1) is 90.2 Å². The maximum absolute atomic E-state index is 12.8. The van der Waals surface area contributed by atoms with Crippen LogP contribution in [0.5, 0.6) is 46.0 Å². The molecule has 1 aliphatic heterocycles. The Morgan fingerprint density at radius 2 is 1.14 bits per heavy atom. The third-order valence-corrected chi connectivity index (χ3v) is 12.4. The van der Waals surface area contributed by atoms with Crippen LogP contribution in [0.4, 0.5) is 0 Å². The number of hydrogen-bond acceptors (Lipinski definition) is 12. The summed E-state index contributed by atoms with van der Waals surface area (Å²) in [5.41, 5.74) is 6.94. The summed E-state index contributed by atoms with van der Waals surface area (Å²) in [6, 6.07) is 20.4. The average molecular weight is 899 g/mol. The zero-order chi connectivity index (χ0) is 46.9. The van der Waals surface area contributed by atoms with E-state index in [-0.39, 0.29) is 25.2 Å². The third kappa shape index (κ3) is 12.8. The fraction of sp³-hybridized carbons (Fsp3) is 0.462. The average Bonchev–Trinajstić information content (AvgIpc) is 3.33. The van der Waals surface area contributed by atoms with Crippen LogP contribution in [0.3, 0.4) is 0 Å². The molecule has 0 saturated heterocycles. The Hall–Kier alpha value is -6.08. The van der Waals surface area contributed by atoms with Crippen LogP contribution < -0.4 is 37.9 Å². The minimum Gasteiger partial charge on any atom is -0.493 e. The molecular formula is C52H68NO12+. The number of likely N-dealkylation sites (N-methyl/N-ethyl adjacent to an activating group) is 1. The number of rotatable bonds is 25. The number of fused-ring (bicyclic) bond motifs is 1. The van der Waals surface area contributed by atoms with Crippen molar-refractivity contribution in [2.24, 2.45) is 0 Å². The van der Waals surface area contributed by atoms with Crippen molar-refractivity contribution in [3.05, 3.63) is 106 Å². The first-order valence-corrected chi connectivity index (χ1v) is 22.3. The Morgan fingerprint density at radius 1 is 0.631 bits per heavy atom. The van der Waals surface area contributed by atoms with Gasteiger partial charge >= 0.3 is 11.9 Å². The molecule has 1 aliphatic rings. The van der Waals surface area contributed by atoms with E-state index in [0.29, 0.717) is 65.3 Å². The van der Waals surface area contributed by atoms with E-state index in [0.717, 1.165) is 78.5 Å².